The van der Waals surface area contributed by atoms with E-state index >= 15 is 0 Å². The van der Waals surface area contributed by atoms with Crippen molar-refractivity contribution in [3.63, 3.8) is 0 Å². The Morgan fingerprint density at radius 2 is 1.85 bits per heavy atom. The van der Waals surface area contributed by atoms with Crippen LogP contribution in [0.4, 0.5) is 10.1 Å². The zero-order chi connectivity index (χ0) is 19.1. The zero-order valence-corrected chi connectivity index (χ0v) is 14.8. The number of benzene rings is 2. The van der Waals surface area contributed by atoms with Crippen LogP contribution in [0.1, 0.15) is 18.1 Å². The van der Waals surface area contributed by atoms with Gasteiger partial charge in [0.1, 0.15) is 0 Å². The van der Waals surface area contributed by atoms with Crippen molar-refractivity contribution < 1.29 is 23.5 Å². The molecule has 0 bridgehead atoms. The number of ether oxygens (including phenoxy) is 2. The number of methoxy groups -OCH3 is 1. The van der Waals surface area contributed by atoms with Gasteiger partial charge in [0.2, 0.25) is 0 Å². The molecule has 1 amide bonds. The number of esters is 1. The molecule has 6 heteroatoms. The number of aryl methyl sites for hydroxylation is 1. The van der Waals surface area contributed by atoms with Gasteiger partial charge in [0.25, 0.3) is 5.91 Å². The summed E-state index contributed by atoms with van der Waals surface area (Å²) >= 11 is 0. The fourth-order valence-corrected chi connectivity index (χ4v) is 2.10. The van der Waals surface area contributed by atoms with Gasteiger partial charge in [-0.15, -0.1) is 0 Å². The van der Waals surface area contributed by atoms with E-state index in [9.17, 15) is 14.0 Å². The summed E-state index contributed by atoms with van der Waals surface area (Å²) in [7, 11) is 1.37. The predicted octanol–water partition coefficient (Wildman–Crippen LogP) is 3.73. The van der Waals surface area contributed by atoms with E-state index in [1.807, 2.05) is 19.1 Å². The van der Waals surface area contributed by atoms with E-state index in [2.05, 4.69) is 5.32 Å². The van der Waals surface area contributed by atoms with E-state index in [1.165, 1.54) is 32.2 Å². The number of nitrogens with one attached hydrogen (secondary N) is 1. The fraction of sp³-hybridized carbons (Fsp3) is 0.200. The van der Waals surface area contributed by atoms with Crippen LogP contribution in [0.15, 0.2) is 48.5 Å². The first-order valence-corrected chi connectivity index (χ1v) is 7.99. The number of hydrogen-bond acceptors (Lipinski definition) is 4. The summed E-state index contributed by atoms with van der Waals surface area (Å²) in [6.45, 7) is 3.42. The lowest BCUT2D eigenvalue weighted by atomic mass is 10.2. The molecule has 136 valence electrons. The van der Waals surface area contributed by atoms with E-state index in [1.54, 1.807) is 18.2 Å². The smallest absolute Gasteiger partial charge is 0.331 e. The van der Waals surface area contributed by atoms with E-state index < -0.39 is 23.8 Å². The Balaban J connectivity index is 1.90. The van der Waals surface area contributed by atoms with Gasteiger partial charge < -0.3 is 14.8 Å². The summed E-state index contributed by atoms with van der Waals surface area (Å²) in [5, 5.41) is 2.66. The van der Waals surface area contributed by atoms with Crippen LogP contribution >= 0.6 is 0 Å². The summed E-state index contributed by atoms with van der Waals surface area (Å²) in [4.78, 5) is 23.9. The zero-order valence-electron chi connectivity index (χ0n) is 14.8. The van der Waals surface area contributed by atoms with Crippen molar-refractivity contribution in [2.75, 3.05) is 12.4 Å². The van der Waals surface area contributed by atoms with Crippen LogP contribution in [-0.2, 0) is 14.3 Å². The minimum atomic E-state index is -0.971. The second-order valence-corrected chi connectivity index (χ2v) is 5.66. The number of hydrogen-bond donors (Lipinski definition) is 1. The summed E-state index contributed by atoms with van der Waals surface area (Å²) in [5.41, 5.74) is 2.16. The first kappa shape index (κ1) is 19.2. The Morgan fingerprint density at radius 1 is 1.15 bits per heavy atom. The van der Waals surface area contributed by atoms with Gasteiger partial charge >= 0.3 is 5.97 Å². The molecule has 26 heavy (non-hydrogen) atoms. The number of carbonyl (C=O) groups is 2. The lowest BCUT2D eigenvalue weighted by molar-refractivity contribution is -0.148. The molecular weight excluding hydrogens is 337 g/mol. The van der Waals surface area contributed by atoms with Gasteiger partial charge in [0.05, 0.1) is 7.11 Å². The lowest BCUT2D eigenvalue weighted by Gasteiger charge is -2.12. The van der Waals surface area contributed by atoms with Crippen molar-refractivity contribution >= 4 is 23.6 Å². The molecule has 0 aliphatic rings. The molecule has 0 unspecified atom stereocenters. The van der Waals surface area contributed by atoms with Crippen molar-refractivity contribution in [3.05, 3.63) is 65.5 Å². The number of anilines is 1. The SMILES string of the molecule is COc1ccc(/C=C/C(=O)O[C@H](C)C(=O)Nc2ccc(C)cc2)cc1F. The minimum Gasteiger partial charge on any atom is -0.494 e. The van der Waals surface area contributed by atoms with Crippen molar-refractivity contribution in [2.24, 2.45) is 0 Å². The van der Waals surface area contributed by atoms with Gasteiger partial charge in [-0.05, 0) is 49.8 Å². The average Bonchev–Trinajstić information content (AvgIpc) is 2.62. The molecule has 0 aromatic heterocycles. The minimum absolute atomic E-state index is 0.117. The highest BCUT2D eigenvalue weighted by molar-refractivity contribution is 5.96. The third-order valence-electron chi connectivity index (χ3n) is 3.57. The molecule has 0 saturated heterocycles. The molecule has 0 fully saturated rings. The van der Waals surface area contributed by atoms with Crippen LogP contribution in [0.25, 0.3) is 6.08 Å². The molecule has 2 rings (SSSR count). The molecule has 0 spiro atoms. The molecule has 2 aromatic rings. The normalized spacial score (nSPS) is 11.8. The van der Waals surface area contributed by atoms with Crippen LogP contribution in [0, 0.1) is 12.7 Å². The quantitative estimate of drug-likeness (QED) is 0.632. The molecule has 0 heterocycles. The van der Waals surface area contributed by atoms with E-state index in [-0.39, 0.29) is 5.75 Å². The second kappa shape index (κ2) is 8.80. The first-order valence-electron chi connectivity index (χ1n) is 7.99. The molecule has 0 aliphatic carbocycles. The lowest BCUT2D eigenvalue weighted by Crippen LogP contribution is -2.29. The van der Waals surface area contributed by atoms with Gasteiger partial charge in [0, 0.05) is 11.8 Å². The summed E-state index contributed by atoms with van der Waals surface area (Å²) in [6, 6.07) is 11.5. The highest BCUT2D eigenvalue weighted by Gasteiger charge is 2.16. The van der Waals surface area contributed by atoms with Crippen molar-refractivity contribution in [2.45, 2.75) is 20.0 Å². The van der Waals surface area contributed by atoms with Crippen LogP contribution in [0.2, 0.25) is 0 Å². The first-order chi connectivity index (χ1) is 12.4. The van der Waals surface area contributed by atoms with Crippen LogP contribution < -0.4 is 10.1 Å². The summed E-state index contributed by atoms with van der Waals surface area (Å²) in [6.07, 6.45) is 1.56. The van der Waals surface area contributed by atoms with Gasteiger partial charge in [-0.3, -0.25) is 4.79 Å². The predicted molar refractivity (Wildman–Crippen MR) is 97.3 cm³/mol. The number of amides is 1. The molecule has 1 N–H and O–H groups in total. The molecule has 0 radical (unpaired) electrons. The second-order valence-electron chi connectivity index (χ2n) is 5.66. The van der Waals surface area contributed by atoms with Crippen LogP contribution in [0.3, 0.4) is 0 Å². The van der Waals surface area contributed by atoms with Gasteiger partial charge in [-0.25, -0.2) is 9.18 Å². The van der Waals surface area contributed by atoms with E-state index in [0.29, 0.717) is 11.3 Å². The highest BCUT2D eigenvalue weighted by atomic mass is 19.1. The molecule has 0 saturated carbocycles. The Hall–Kier alpha value is -3.15. The summed E-state index contributed by atoms with van der Waals surface area (Å²) < 4.78 is 23.5. The fourth-order valence-electron chi connectivity index (χ4n) is 2.10. The van der Waals surface area contributed by atoms with Crippen LogP contribution in [0.5, 0.6) is 5.75 Å². The van der Waals surface area contributed by atoms with E-state index in [0.717, 1.165) is 11.6 Å². The highest BCUT2D eigenvalue weighted by Crippen LogP contribution is 2.18. The van der Waals surface area contributed by atoms with Crippen LogP contribution in [-0.4, -0.2) is 25.1 Å². The topological polar surface area (TPSA) is 64.6 Å². The average molecular weight is 357 g/mol. The number of rotatable bonds is 6. The molecule has 5 nitrogen and oxygen atoms in total. The van der Waals surface area contributed by atoms with Gasteiger partial charge in [-0.2, -0.15) is 0 Å². The Labute approximate surface area is 151 Å². The van der Waals surface area contributed by atoms with Crippen molar-refractivity contribution in [1.29, 1.82) is 0 Å². The van der Waals surface area contributed by atoms with Crippen molar-refractivity contribution in [3.8, 4) is 5.75 Å². The Morgan fingerprint density at radius 3 is 2.46 bits per heavy atom. The molecule has 0 aliphatic heterocycles. The Bertz CT molecular complexity index is 815. The van der Waals surface area contributed by atoms with E-state index in [4.69, 9.17) is 9.47 Å². The largest absolute Gasteiger partial charge is 0.494 e. The number of halogens is 1. The summed E-state index contributed by atoms with van der Waals surface area (Å²) in [5.74, 6) is -1.56. The maximum atomic E-state index is 13.6. The molecule has 2 aromatic carbocycles. The van der Waals surface area contributed by atoms with Gasteiger partial charge in [-0.1, -0.05) is 23.8 Å². The monoisotopic (exact) mass is 357 g/mol. The standard InChI is InChI=1S/C20H20FNO4/c1-13-4-8-16(9-5-13)22-20(24)14(2)26-19(23)11-7-15-6-10-18(25-3)17(21)12-15/h4-12,14H,1-3H3,(H,22,24)/b11-7+/t14-/m1/s1. The maximum absolute atomic E-state index is 13.6. The number of carbonyl (C=O) groups excluding carboxylic acids is 2. The maximum Gasteiger partial charge on any atom is 0.331 e. The third-order valence-corrected chi connectivity index (χ3v) is 3.57. The molecular formula is C20H20FNO4. The Kier molecular flexibility index (Phi) is 6.49. The third kappa shape index (κ3) is 5.44. The molecule has 1 atom stereocenters. The van der Waals surface area contributed by atoms with Crippen molar-refractivity contribution in [1.82, 2.24) is 0 Å². The van der Waals surface area contributed by atoms with Gasteiger partial charge in [0.15, 0.2) is 17.7 Å².